The lowest BCUT2D eigenvalue weighted by Gasteiger charge is -2.32. The average molecular weight is 440 g/mol. The van der Waals surface area contributed by atoms with Gasteiger partial charge in [-0.3, -0.25) is 0 Å². The van der Waals surface area contributed by atoms with Crippen LogP contribution in [0.25, 0.3) is 11.3 Å². The van der Waals surface area contributed by atoms with Crippen LogP contribution < -0.4 is 5.46 Å². The van der Waals surface area contributed by atoms with E-state index in [4.69, 9.17) is 18.6 Å². The van der Waals surface area contributed by atoms with Crippen LogP contribution in [0.5, 0.6) is 0 Å². The number of nitrogens with zero attached hydrogens (tertiary/aromatic N) is 2. The number of hydrogen-bond acceptors (Lipinski definition) is 6. The van der Waals surface area contributed by atoms with E-state index in [1.807, 2.05) is 65.9 Å². The Labute approximate surface area is 190 Å². The van der Waals surface area contributed by atoms with Crippen molar-refractivity contribution in [3.05, 3.63) is 35.6 Å². The minimum Gasteiger partial charge on any atom is -0.444 e. The van der Waals surface area contributed by atoms with Crippen molar-refractivity contribution in [3.63, 3.8) is 0 Å². The van der Waals surface area contributed by atoms with E-state index < -0.39 is 7.12 Å². The molecule has 8 heteroatoms. The molecule has 0 radical (unpaired) electrons. The van der Waals surface area contributed by atoms with Crippen molar-refractivity contribution in [3.8, 4) is 11.3 Å². The Bertz CT molecular complexity index is 947. The molecule has 1 aromatic heterocycles. The fourth-order valence-corrected chi connectivity index (χ4v) is 4.24. The second-order valence-electron chi connectivity index (χ2n) is 9.88. The summed E-state index contributed by atoms with van der Waals surface area (Å²) in [6.07, 6.45) is 4.11. The molecule has 0 N–H and O–H groups in total. The zero-order valence-corrected chi connectivity index (χ0v) is 19.9. The van der Waals surface area contributed by atoms with Gasteiger partial charge in [-0.2, -0.15) is 0 Å². The molecule has 172 valence electrons. The van der Waals surface area contributed by atoms with E-state index in [-0.39, 0.29) is 29.9 Å². The van der Waals surface area contributed by atoms with Crippen LogP contribution in [0.2, 0.25) is 0 Å². The Morgan fingerprint density at radius 3 is 2.31 bits per heavy atom. The number of carbonyl (C=O) groups is 1. The van der Waals surface area contributed by atoms with E-state index in [2.05, 4.69) is 5.16 Å². The Kier molecular flexibility index (Phi) is 6.11. The van der Waals surface area contributed by atoms with Crippen molar-refractivity contribution in [2.24, 2.45) is 0 Å². The standard InChI is InChI=1S/C24H33BN2O5/c1-16-20(15-29-22(28)27(6)19-9-7-8-10-19)21(26-30-16)17-11-13-18(14-12-17)25-31-23(2,3)24(4,5)32-25/h11-14,19H,7-10,15H2,1-6H3. The third-order valence-corrected chi connectivity index (χ3v) is 7.19. The van der Waals surface area contributed by atoms with Gasteiger partial charge in [0.2, 0.25) is 0 Å². The van der Waals surface area contributed by atoms with Gasteiger partial charge in [0.25, 0.3) is 0 Å². The quantitative estimate of drug-likeness (QED) is 0.640. The van der Waals surface area contributed by atoms with Crippen LogP contribution in [0, 0.1) is 6.92 Å². The molecule has 1 amide bonds. The molecule has 1 aliphatic heterocycles. The number of ether oxygens (including phenoxy) is 1. The first-order chi connectivity index (χ1) is 15.1. The van der Waals surface area contributed by atoms with Gasteiger partial charge in [-0.1, -0.05) is 42.3 Å². The van der Waals surface area contributed by atoms with Crippen molar-refractivity contribution in [2.45, 2.75) is 84.2 Å². The summed E-state index contributed by atoms with van der Waals surface area (Å²) in [6, 6.07) is 8.16. The lowest BCUT2D eigenvalue weighted by atomic mass is 9.78. The maximum atomic E-state index is 12.5. The van der Waals surface area contributed by atoms with E-state index in [1.54, 1.807) is 4.90 Å². The molecule has 2 heterocycles. The van der Waals surface area contributed by atoms with Crippen molar-refractivity contribution in [1.82, 2.24) is 10.1 Å². The van der Waals surface area contributed by atoms with Gasteiger partial charge in [0.15, 0.2) is 0 Å². The van der Waals surface area contributed by atoms with Crippen molar-refractivity contribution in [1.29, 1.82) is 0 Å². The van der Waals surface area contributed by atoms with E-state index in [9.17, 15) is 4.79 Å². The molecule has 4 rings (SSSR count). The first kappa shape index (κ1) is 22.9. The minimum absolute atomic E-state index is 0.125. The van der Waals surface area contributed by atoms with Crippen LogP contribution >= 0.6 is 0 Å². The maximum absolute atomic E-state index is 12.5. The summed E-state index contributed by atoms with van der Waals surface area (Å²) in [5.41, 5.74) is 2.52. The molecule has 0 bridgehead atoms. The van der Waals surface area contributed by atoms with Crippen LogP contribution in [-0.4, -0.2) is 47.6 Å². The summed E-state index contributed by atoms with van der Waals surface area (Å²) in [4.78, 5) is 14.2. The third-order valence-electron chi connectivity index (χ3n) is 7.19. The first-order valence-corrected chi connectivity index (χ1v) is 11.4. The highest BCUT2D eigenvalue weighted by Crippen LogP contribution is 2.36. The summed E-state index contributed by atoms with van der Waals surface area (Å²) >= 11 is 0. The van der Waals surface area contributed by atoms with Gasteiger partial charge in [0.1, 0.15) is 18.1 Å². The number of aryl methyl sites for hydroxylation is 1. The molecule has 1 saturated carbocycles. The lowest BCUT2D eigenvalue weighted by Crippen LogP contribution is -2.41. The van der Waals surface area contributed by atoms with E-state index in [1.165, 1.54) is 12.8 Å². The summed E-state index contributed by atoms with van der Waals surface area (Å²) in [5, 5.41) is 4.22. The van der Waals surface area contributed by atoms with Crippen molar-refractivity contribution in [2.75, 3.05) is 7.05 Å². The van der Waals surface area contributed by atoms with Gasteiger partial charge in [0, 0.05) is 18.7 Å². The number of rotatable bonds is 5. The second kappa shape index (κ2) is 8.56. The van der Waals surface area contributed by atoms with Gasteiger partial charge in [0.05, 0.1) is 16.8 Å². The van der Waals surface area contributed by atoms with Gasteiger partial charge >= 0.3 is 13.2 Å². The molecular weight excluding hydrogens is 407 g/mol. The highest BCUT2D eigenvalue weighted by Gasteiger charge is 2.51. The van der Waals surface area contributed by atoms with E-state index in [0.29, 0.717) is 11.5 Å². The summed E-state index contributed by atoms with van der Waals surface area (Å²) < 4.78 is 23.3. The third kappa shape index (κ3) is 4.30. The number of carbonyl (C=O) groups excluding carboxylic acids is 1. The van der Waals surface area contributed by atoms with Crippen molar-refractivity contribution >= 4 is 18.7 Å². The fourth-order valence-electron chi connectivity index (χ4n) is 4.24. The summed E-state index contributed by atoms with van der Waals surface area (Å²) in [7, 11) is 1.40. The molecule has 2 fully saturated rings. The Hall–Kier alpha value is -2.32. The fraction of sp³-hybridized carbons (Fsp3) is 0.583. The minimum atomic E-state index is -0.417. The van der Waals surface area contributed by atoms with E-state index in [0.717, 1.165) is 29.4 Å². The number of hydrogen-bond donors (Lipinski definition) is 0. The monoisotopic (exact) mass is 440 g/mol. The molecule has 2 aliphatic rings. The Morgan fingerprint density at radius 1 is 1.12 bits per heavy atom. The number of amides is 1. The molecule has 0 atom stereocenters. The molecule has 0 unspecified atom stereocenters. The van der Waals surface area contributed by atoms with Crippen LogP contribution in [0.1, 0.15) is 64.7 Å². The highest BCUT2D eigenvalue weighted by atomic mass is 16.7. The molecule has 1 saturated heterocycles. The number of aromatic nitrogens is 1. The van der Waals surface area contributed by atoms with Crippen LogP contribution in [-0.2, 0) is 20.7 Å². The number of benzene rings is 1. The maximum Gasteiger partial charge on any atom is 0.494 e. The second-order valence-corrected chi connectivity index (χ2v) is 9.88. The van der Waals surface area contributed by atoms with Crippen molar-refractivity contribution < 1.29 is 23.4 Å². The Morgan fingerprint density at radius 2 is 1.72 bits per heavy atom. The molecule has 0 spiro atoms. The first-order valence-electron chi connectivity index (χ1n) is 11.4. The van der Waals surface area contributed by atoms with Gasteiger partial charge in [-0.15, -0.1) is 0 Å². The largest absolute Gasteiger partial charge is 0.494 e. The molecule has 2 aromatic rings. The highest BCUT2D eigenvalue weighted by molar-refractivity contribution is 6.62. The summed E-state index contributed by atoms with van der Waals surface area (Å²) in [5.74, 6) is 0.645. The molecular formula is C24H33BN2O5. The van der Waals surface area contributed by atoms with Crippen LogP contribution in [0.15, 0.2) is 28.8 Å². The SMILES string of the molecule is Cc1onc(-c2ccc(B3OC(C)(C)C(C)(C)O3)cc2)c1COC(=O)N(C)C1CCCC1. The van der Waals surface area contributed by atoms with Gasteiger partial charge < -0.3 is 23.5 Å². The Balaban J connectivity index is 1.45. The normalized spacial score (nSPS) is 20.0. The van der Waals surface area contributed by atoms with E-state index >= 15 is 0 Å². The van der Waals surface area contributed by atoms with Crippen LogP contribution in [0.3, 0.4) is 0 Å². The summed E-state index contributed by atoms with van der Waals surface area (Å²) in [6.45, 7) is 10.1. The van der Waals surface area contributed by atoms with Gasteiger partial charge in [-0.25, -0.2) is 4.79 Å². The predicted molar refractivity (Wildman–Crippen MR) is 123 cm³/mol. The van der Waals surface area contributed by atoms with Gasteiger partial charge in [-0.05, 0) is 52.9 Å². The molecule has 1 aliphatic carbocycles. The lowest BCUT2D eigenvalue weighted by molar-refractivity contribution is 0.00578. The topological polar surface area (TPSA) is 74.0 Å². The zero-order chi connectivity index (χ0) is 23.1. The molecule has 1 aromatic carbocycles. The van der Waals surface area contributed by atoms with Crippen LogP contribution in [0.4, 0.5) is 4.79 Å². The molecule has 32 heavy (non-hydrogen) atoms. The average Bonchev–Trinajstić information content (AvgIpc) is 3.45. The predicted octanol–water partition coefficient (Wildman–Crippen LogP) is 4.46. The smallest absolute Gasteiger partial charge is 0.444 e. The molecule has 7 nitrogen and oxygen atoms in total. The zero-order valence-electron chi connectivity index (χ0n) is 19.9.